The van der Waals surface area contributed by atoms with Crippen molar-refractivity contribution in [2.75, 3.05) is 19.6 Å². The molecule has 1 aromatic rings. The molecule has 0 amide bonds. The molecule has 0 aliphatic carbocycles. The lowest BCUT2D eigenvalue weighted by molar-refractivity contribution is 0.288. The molecule has 1 aromatic heterocycles. The van der Waals surface area contributed by atoms with Crippen molar-refractivity contribution in [3.8, 4) is 0 Å². The van der Waals surface area contributed by atoms with Gasteiger partial charge in [0.2, 0.25) is 0 Å². The predicted molar refractivity (Wildman–Crippen MR) is 82.8 cm³/mol. The van der Waals surface area contributed by atoms with Gasteiger partial charge in [0.25, 0.3) is 0 Å². The highest BCUT2D eigenvalue weighted by Crippen LogP contribution is 2.22. The summed E-state index contributed by atoms with van der Waals surface area (Å²) >= 11 is 6.25. The normalized spacial score (nSPS) is 17.9. The molecule has 0 radical (unpaired) electrons. The van der Waals surface area contributed by atoms with Gasteiger partial charge in [0.05, 0.1) is 10.7 Å². The molecular formula is C14H24N2S2. The van der Waals surface area contributed by atoms with E-state index in [4.69, 9.17) is 4.98 Å². The van der Waals surface area contributed by atoms with Crippen LogP contribution in [-0.4, -0.2) is 29.5 Å². The smallest absolute Gasteiger partial charge is 0.0944 e. The molecular weight excluding hydrogens is 260 g/mol. The minimum absolute atomic E-state index is 0.838. The summed E-state index contributed by atoms with van der Waals surface area (Å²) in [6.45, 7) is 5.93. The van der Waals surface area contributed by atoms with Gasteiger partial charge in [-0.05, 0) is 32.4 Å². The van der Waals surface area contributed by atoms with Crippen molar-refractivity contribution >= 4 is 24.0 Å². The first-order chi connectivity index (χ1) is 8.83. The number of hydrogen-bond donors (Lipinski definition) is 1. The molecule has 2 rings (SSSR count). The molecule has 2 heterocycles. The number of aromatic nitrogens is 1. The zero-order valence-electron chi connectivity index (χ0n) is 11.3. The molecule has 2 nitrogen and oxygen atoms in total. The molecule has 0 bridgehead atoms. The SMILES string of the molecule is CCc1nc(CCN2CCCCCC2)sc1CS. The number of rotatable bonds is 5. The van der Waals surface area contributed by atoms with Gasteiger partial charge in [0.15, 0.2) is 0 Å². The zero-order chi connectivity index (χ0) is 12.8. The first-order valence-corrected chi connectivity index (χ1v) is 8.59. The number of likely N-dealkylation sites (tertiary alicyclic amines) is 1. The highest BCUT2D eigenvalue weighted by Gasteiger charge is 2.12. The molecule has 1 saturated heterocycles. The van der Waals surface area contributed by atoms with Crippen LogP contribution in [0.25, 0.3) is 0 Å². The number of thiol groups is 1. The summed E-state index contributed by atoms with van der Waals surface area (Å²) in [5, 5.41) is 1.31. The summed E-state index contributed by atoms with van der Waals surface area (Å²) in [6.07, 6.45) is 7.73. The summed E-state index contributed by atoms with van der Waals surface area (Å²) in [5.41, 5.74) is 1.26. The Morgan fingerprint density at radius 1 is 1.22 bits per heavy atom. The minimum atomic E-state index is 0.838. The van der Waals surface area contributed by atoms with E-state index in [0.717, 1.165) is 18.6 Å². The first-order valence-electron chi connectivity index (χ1n) is 7.14. The van der Waals surface area contributed by atoms with E-state index in [0.29, 0.717) is 0 Å². The Bertz CT molecular complexity index is 333. The van der Waals surface area contributed by atoms with E-state index in [2.05, 4.69) is 24.5 Å². The maximum absolute atomic E-state index is 4.75. The van der Waals surface area contributed by atoms with Crippen LogP contribution in [0.3, 0.4) is 0 Å². The van der Waals surface area contributed by atoms with Crippen molar-refractivity contribution < 1.29 is 0 Å². The van der Waals surface area contributed by atoms with E-state index in [1.54, 1.807) is 0 Å². The maximum atomic E-state index is 4.75. The van der Waals surface area contributed by atoms with Gasteiger partial charge in [-0.3, -0.25) is 0 Å². The van der Waals surface area contributed by atoms with Crippen molar-refractivity contribution in [1.82, 2.24) is 9.88 Å². The minimum Gasteiger partial charge on any atom is -0.303 e. The summed E-state index contributed by atoms with van der Waals surface area (Å²) in [4.78, 5) is 8.73. The Kier molecular flexibility index (Phi) is 5.99. The molecule has 0 aromatic carbocycles. The largest absolute Gasteiger partial charge is 0.303 e. The highest BCUT2D eigenvalue weighted by molar-refractivity contribution is 7.79. The summed E-state index contributed by atoms with van der Waals surface area (Å²) in [5.74, 6) is 0.838. The van der Waals surface area contributed by atoms with Crippen molar-refractivity contribution in [3.05, 3.63) is 15.6 Å². The van der Waals surface area contributed by atoms with E-state index < -0.39 is 0 Å². The van der Waals surface area contributed by atoms with E-state index in [-0.39, 0.29) is 0 Å². The Labute approximate surface area is 120 Å². The van der Waals surface area contributed by atoms with E-state index in [1.165, 1.54) is 60.9 Å². The van der Waals surface area contributed by atoms with Gasteiger partial charge in [-0.2, -0.15) is 12.6 Å². The molecule has 0 N–H and O–H groups in total. The number of thiazole rings is 1. The standard InChI is InChI=1S/C14H24N2S2/c1-2-12-13(11-17)18-14(15-12)7-10-16-8-5-3-4-6-9-16/h17H,2-11H2,1H3. The second-order valence-electron chi connectivity index (χ2n) is 4.99. The lowest BCUT2D eigenvalue weighted by Gasteiger charge is -2.18. The number of aryl methyl sites for hydroxylation is 1. The summed E-state index contributed by atoms with van der Waals surface area (Å²) < 4.78 is 0. The van der Waals surface area contributed by atoms with E-state index >= 15 is 0 Å². The second kappa shape index (κ2) is 7.51. The number of hydrogen-bond acceptors (Lipinski definition) is 4. The third-order valence-electron chi connectivity index (χ3n) is 3.64. The van der Waals surface area contributed by atoms with Crippen molar-refractivity contribution in [2.24, 2.45) is 0 Å². The van der Waals surface area contributed by atoms with Crippen molar-refractivity contribution in [1.29, 1.82) is 0 Å². The van der Waals surface area contributed by atoms with Crippen LogP contribution in [0.1, 0.15) is 48.2 Å². The van der Waals surface area contributed by atoms with Crippen LogP contribution in [0.15, 0.2) is 0 Å². The van der Waals surface area contributed by atoms with Crippen LogP contribution in [0.4, 0.5) is 0 Å². The van der Waals surface area contributed by atoms with Crippen LogP contribution >= 0.6 is 24.0 Å². The van der Waals surface area contributed by atoms with Crippen LogP contribution in [0.5, 0.6) is 0 Å². The summed E-state index contributed by atoms with van der Waals surface area (Å²) in [6, 6.07) is 0. The zero-order valence-corrected chi connectivity index (χ0v) is 13.0. The third-order valence-corrected chi connectivity index (χ3v) is 5.33. The molecule has 0 unspecified atom stereocenters. The average Bonchev–Trinajstić information content (AvgIpc) is 2.62. The Morgan fingerprint density at radius 2 is 1.94 bits per heavy atom. The number of nitrogens with zero attached hydrogens (tertiary/aromatic N) is 2. The lowest BCUT2D eigenvalue weighted by atomic mass is 10.2. The second-order valence-corrected chi connectivity index (χ2v) is 6.48. The average molecular weight is 284 g/mol. The molecule has 18 heavy (non-hydrogen) atoms. The van der Waals surface area contributed by atoms with Crippen LogP contribution < -0.4 is 0 Å². The van der Waals surface area contributed by atoms with Crippen LogP contribution in [0, 0.1) is 0 Å². The molecule has 4 heteroatoms. The Morgan fingerprint density at radius 3 is 2.50 bits per heavy atom. The fourth-order valence-corrected chi connectivity index (χ4v) is 3.94. The third kappa shape index (κ3) is 3.97. The fourth-order valence-electron chi connectivity index (χ4n) is 2.56. The molecule has 1 aliphatic rings. The quantitative estimate of drug-likeness (QED) is 0.832. The molecule has 1 fully saturated rings. The first kappa shape index (κ1) is 14.4. The van der Waals surface area contributed by atoms with Crippen molar-refractivity contribution in [2.45, 2.75) is 51.2 Å². The molecule has 0 spiro atoms. The monoisotopic (exact) mass is 284 g/mol. The maximum Gasteiger partial charge on any atom is 0.0944 e. The van der Waals surface area contributed by atoms with Gasteiger partial charge < -0.3 is 4.90 Å². The van der Waals surface area contributed by atoms with Gasteiger partial charge in [0, 0.05) is 23.6 Å². The Balaban J connectivity index is 1.86. The predicted octanol–water partition coefficient (Wildman–Crippen LogP) is 3.55. The Hall–Kier alpha value is -0.0600. The van der Waals surface area contributed by atoms with Gasteiger partial charge in [-0.15, -0.1) is 11.3 Å². The highest BCUT2D eigenvalue weighted by atomic mass is 32.1. The van der Waals surface area contributed by atoms with Crippen LogP contribution in [0.2, 0.25) is 0 Å². The molecule has 0 saturated carbocycles. The van der Waals surface area contributed by atoms with E-state index in [1.807, 2.05) is 11.3 Å². The van der Waals surface area contributed by atoms with Gasteiger partial charge in [-0.1, -0.05) is 19.8 Å². The fraction of sp³-hybridized carbons (Fsp3) is 0.786. The molecule has 0 atom stereocenters. The van der Waals surface area contributed by atoms with E-state index in [9.17, 15) is 0 Å². The topological polar surface area (TPSA) is 16.1 Å². The van der Waals surface area contributed by atoms with Crippen molar-refractivity contribution in [3.63, 3.8) is 0 Å². The van der Waals surface area contributed by atoms with Gasteiger partial charge in [-0.25, -0.2) is 4.98 Å². The van der Waals surface area contributed by atoms with Gasteiger partial charge in [0.1, 0.15) is 0 Å². The molecule has 1 aliphatic heterocycles. The van der Waals surface area contributed by atoms with Crippen LogP contribution in [-0.2, 0) is 18.6 Å². The summed E-state index contributed by atoms with van der Waals surface area (Å²) in [7, 11) is 0. The van der Waals surface area contributed by atoms with Gasteiger partial charge >= 0.3 is 0 Å². The molecule has 102 valence electrons. The lowest BCUT2D eigenvalue weighted by Crippen LogP contribution is -2.26.